The molecule has 27 heavy (non-hydrogen) atoms. The van der Waals surface area contributed by atoms with Crippen LogP contribution in [0.1, 0.15) is 12.8 Å². The van der Waals surface area contributed by atoms with E-state index in [1.807, 2.05) is 19.0 Å². The molecule has 1 aromatic carbocycles. The maximum atomic E-state index is 12.7. The SMILES string of the molecule is CN(C)c1cccc(-c2ccc(N3C[C@]4(CN5CCC4CC5)OC3=O)s2)c1. The highest BCUT2D eigenvalue weighted by atomic mass is 32.1. The molecule has 2 bridgehead atoms. The maximum Gasteiger partial charge on any atom is 0.415 e. The second kappa shape index (κ2) is 6.24. The zero-order valence-corrected chi connectivity index (χ0v) is 16.7. The number of hydrogen-bond donors (Lipinski definition) is 0. The molecular formula is C21H25N3O2S. The van der Waals surface area contributed by atoms with Gasteiger partial charge in [-0.1, -0.05) is 12.1 Å². The topological polar surface area (TPSA) is 36.0 Å². The molecule has 4 aliphatic heterocycles. The number of anilines is 2. The molecule has 6 heteroatoms. The molecule has 1 aromatic heterocycles. The van der Waals surface area contributed by atoms with Gasteiger partial charge in [-0.2, -0.15) is 0 Å². The molecule has 0 aliphatic carbocycles. The van der Waals surface area contributed by atoms with Gasteiger partial charge >= 0.3 is 6.09 Å². The van der Waals surface area contributed by atoms with Crippen LogP contribution < -0.4 is 9.80 Å². The highest BCUT2D eigenvalue weighted by molar-refractivity contribution is 7.19. The average Bonchev–Trinajstić information content (AvgIpc) is 3.28. The van der Waals surface area contributed by atoms with Gasteiger partial charge in [0.15, 0.2) is 0 Å². The normalized spacial score (nSPS) is 29.4. The third-order valence-corrected chi connectivity index (χ3v) is 7.42. The summed E-state index contributed by atoms with van der Waals surface area (Å²) in [6.07, 6.45) is 2.11. The summed E-state index contributed by atoms with van der Waals surface area (Å²) in [5.74, 6) is 0.507. The van der Waals surface area contributed by atoms with Crippen molar-refractivity contribution in [1.29, 1.82) is 0 Å². The van der Waals surface area contributed by atoms with Crippen molar-refractivity contribution in [3.05, 3.63) is 36.4 Å². The Bertz CT molecular complexity index is 872. The Labute approximate surface area is 164 Å². The van der Waals surface area contributed by atoms with Gasteiger partial charge in [-0.3, -0.25) is 9.80 Å². The van der Waals surface area contributed by atoms with E-state index in [9.17, 15) is 4.79 Å². The monoisotopic (exact) mass is 383 g/mol. The molecule has 5 heterocycles. The molecule has 5 nitrogen and oxygen atoms in total. The van der Waals surface area contributed by atoms with Crippen LogP contribution >= 0.6 is 11.3 Å². The molecule has 1 amide bonds. The van der Waals surface area contributed by atoms with Crippen LogP contribution in [0.3, 0.4) is 0 Å². The van der Waals surface area contributed by atoms with Crippen molar-refractivity contribution in [1.82, 2.24) is 4.90 Å². The van der Waals surface area contributed by atoms with Crippen LogP contribution in [0.2, 0.25) is 0 Å². The first-order chi connectivity index (χ1) is 13.0. The third kappa shape index (κ3) is 2.82. The van der Waals surface area contributed by atoms with Crippen molar-refractivity contribution >= 4 is 28.1 Å². The molecule has 1 atom stereocenters. The Balaban J connectivity index is 1.40. The van der Waals surface area contributed by atoms with Crippen LogP contribution in [0.4, 0.5) is 15.5 Å². The van der Waals surface area contributed by atoms with Gasteiger partial charge in [0.25, 0.3) is 0 Å². The van der Waals surface area contributed by atoms with Gasteiger partial charge < -0.3 is 9.64 Å². The Morgan fingerprint density at radius 2 is 1.96 bits per heavy atom. The fourth-order valence-corrected chi connectivity index (χ4v) is 5.74. The predicted molar refractivity (Wildman–Crippen MR) is 110 cm³/mol. The lowest BCUT2D eigenvalue weighted by molar-refractivity contribution is -0.0881. The lowest BCUT2D eigenvalue weighted by Gasteiger charge is -2.49. The number of nitrogens with zero attached hydrogens (tertiary/aromatic N) is 3. The summed E-state index contributed by atoms with van der Waals surface area (Å²) < 4.78 is 6.00. The Morgan fingerprint density at radius 3 is 2.67 bits per heavy atom. The van der Waals surface area contributed by atoms with E-state index < -0.39 is 0 Å². The molecule has 0 radical (unpaired) electrons. The highest BCUT2D eigenvalue weighted by Crippen LogP contribution is 2.45. The zero-order chi connectivity index (χ0) is 18.6. The van der Waals surface area contributed by atoms with Gasteiger partial charge in [0.1, 0.15) is 10.6 Å². The summed E-state index contributed by atoms with van der Waals surface area (Å²) in [6.45, 7) is 3.87. The Morgan fingerprint density at radius 1 is 1.15 bits per heavy atom. The van der Waals surface area contributed by atoms with Gasteiger partial charge in [0.05, 0.1) is 6.54 Å². The van der Waals surface area contributed by atoms with Crippen LogP contribution in [0.5, 0.6) is 0 Å². The van der Waals surface area contributed by atoms with Gasteiger partial charge in [-0.25, -0.2) is 4.79 Å². The lowest BCUT2D eigenvalue weighted by Crippen LogP contribution is -2.61. The van der Waals surface area contributed by atoms with Crippen LogP contribution in [-0.2, 0) is 4.74 Å². The quantitative estimate of drug-likeness (QED) is 0.805. The van der Waals surface area contributed by atoms with Crippen LogP contribution in [0.15, 0.2) is 36.4 Å². The molecule has 4 aliphatic rings. The lowest BCUT2D eigenvalue weighted by atomic mass is 9.75. The van der Waals surface area contributed by atoms with E-state index in [0.717, 1.165) is 37.5 Å². The van der Waals surface area contributed by atoms with E-state index in [-0.39, 0.29) is 11.7 Å². The van der Waals surface area contributed by atoms with Crippen molar-refractivity contribution in [3.63, 3.8) is 0 Å². The second-order valence-electron chi connectivity index (χ2n) is 8.15. The molecule has 0 N–H and O–H groups in total. The van der Waals surface area contributed by atoms with Crippen molar-refractivity contribution in [2.24, 2.45) is 5.92 Å². The fourth-order valence-electron chi connectivity index (χ4n) is 4.75. The smallest absolute Gasteiger partial charge is 0.415 e. The van der Waals surface area contributed by atoms with Crippen molar-refractivity contribution in [3.8, 4) is 10.4 Å². The van der Waals surface area contributed by atoms with E-state index >= 15 is 0 Å². The Hall–Kier alpha value is -2.05. The first kappa shape index (κ1) is 17.1. The summed E-state index contributed by atoms with van der Waals surface area (Å²) in [7, 11) is 4.10. The summed E-state index contributed by atoms with van der Waals surface area (Å²) in [4.78, 5) is 20.3. The number of benzene rings is 1. The minimum Gasteiger partial charge on any atom is -0.439 e. The number of hydrogen-bond acceptors (Lipinski definition) is 5. The van der Waals surface area contributed by atoms with E-state index in [1.54, 1.807) is 11.3 Å². The number of thiophene rings is 1. The molecule has 2 aromatic rings. The molecular weight excluding hydrogens is 358 g/mol. The van der Waals surface area contributed by atoms with E-state index in [2.05, 4.69) is 46.2 Å². The number of rotatable bonds is 3. The summed E-state index contributed by atoms with van der Waals surface area (Å²) in [5, 5.41) is 0.985. The van der Waals surface area contributed by atoms with Crippen molar-refractivity contribution < 1.29 is 9.53 Å². The van der Waals surface area contributed by atoms with Gasteiger partial charge in [0, 0.05) is 37.1 Å². The standard InChI is InChI=1S/C21H25N3O2S/c1-22(2)17-5-3-4-15(12-17)18-6-7-19(27-18)24-14-21(26-20(24)25)13-23-10-8-16(21)9-11-23/h3-7,12,16H,8-11,13-14H2,1-2H3/t21-/m0/s1. The largest absolute Gasteiger partial charge is 0.439 e. The van der Waals surface area contributed by atoms with E-state index in [4.69, 9.17) is 4.74 Å². The minimum absolute atomic E-state index is 0.181. The van der Waals surface area contributed by atoms with Gasteiger partial charge in [-0.05, 0) is 55.8 Å². The summed E-state index contributed by atoms with van der Waals surface area (Å²) in [5.41, 5.74) is 2.06. The first-order valence-corrected chi connectivity index (χ1v) is 10.5. The van der Waals surface area contributed by atoms with Gasteiger partial charge in [0.2, 0.25) is 0 Å². The number of ether oxygens (including phenoxy) is 1. The zero-order valence-electron chi connectivity index (χ0n) is 15.9. The van der Waals surface area contributed by atoms with Crippen molar-refractivity contribution in [2.45, 2.75) is 18.4 Å². The molecule has 6 rings (SSSR count). The number of piperidine rings is 3. The number of amides is 1. The van der Waals surface area contributed by atoms with Gasteiger partial charge in [-0.15, -0.1) is 11.3 Å². The van der Waals surface area contributed by atoms with E-state index in [0.29, 0.717) is 12.5 Å². The summed E-state index contributed by atoms with van der Waals surface area (Å²) >= 11 is 1.67. The minimum atomic E-state index is -0.303. The first-order valence-electron chi connectivity index (χ1n) is 9.65. The van der Waals surface area contributed by atoms with E-state index in [1.165, 1.54) is 16.1 Å². The second-order valence-corrected chi connectivity index (χ2v) is 9.21. The highest BCUT2D eigenvalue weighted by Gasteiger charge is 2.55. The maximum absolute atomic E-state index is 12.7. The van der Waals surface area contributed by atoms with Crippen LogP contribution in [0, 0.1) is 5.92 Å². The number of fused-ring (bicyclic) bond motifs is 2. The Kier molecular flexibility index (Phi) is 3.95. The van der Waals surface area contributed by atoms with Crippen LogP contribution in [-0.4, -0.2) is 56.9 Å². The molecule has 1 spiro atoms. The molecule has 4 fully saturated rings. The third-order valence-electron chi connectivity index (χ3n) is 6.26. The molecule has 0 saturated carbocycles. The molecule has 4 saturated heterocycles. The predicted octanol–water partition coefficient (Wildman–Crippen LogP) is 3.90. The number of carbonyl (C=O) groups excluding carboxylic acids is 1. The average molecular weight is 384 g/mol. The van der Waals surface area contributed by atoms with Crippen molar-refractivity contribution in [2.75, 3.05) is 50.1 Å². The molecule has 142 valence electrons. The fraction of sp³-hybridized carbons (Fsp3) is 0.476. The number of carbonyl (C=O) groups is 1. The summed E-state index contributed by atoms with van der Waals surface area (Å²) in [6, 6.07) is 12.7. The van der Waals surface area contributed by atoms with Crippen LogP contribution in [0.25, 0.3) is 10.4 Å². The molecule has 0 unspecified atom stereocenters.